The highest BCUT2D eigenvalue weighted by atomic mass is 32.1. The standard InChI is InChI=1S/C8H16N2OS/c1-3-4-5-10-8(11)6(2)7(9)12/h6H,3-5H2,1-2H3,(H2,9,12)(H,10,11). The molecule has 0 rings (SSSR count). The lowest BCUT2D eigenvalue weighted by Crippen LogP contribution is -2.36. The molecule has 0 aromatic carbocycles. The summed E-state index contributed by atoms with van der Waals surface area (Å²) in [5.41, 5.74) is 5.31. The van der Waals surface area contributed by atoms with Crippen molar-refractivity contribution in [3.63, 3.8) is 0 Å². The number of hydrogen-bond donors (Lipinski definition) is 2. The van der Waals surface area contributed by atoms with Crippen LogP contribution in [0.2, 0.25) is 0 Å². The lowest BCUT2D eigenvalue weighted by Gasteiger charge is -2.09. The summed E-state index contributed by atoms with van der Waals surface area (Å²) in [7, 11) is 0. The number of carbonyl (C=O) groups is 1. The van der Waals surface area contributed by atoms with Gasteiger partial charge in [0.25, 0.3) is 0 Å². The third-order valence-corrected chi connectivity index (χ3v) is 2.00. The molecular weight excluding hydrogens is 172 g/mol. The molecule has 0 heterocycles. The first-order valence-electron chi connectivity index (χ1n) is 4.16. The summed E-state index contributed by atoms with van der Waals surface area (Å²) in [5, 5.41) is 2.76. The summed E-state index contributed by atoms with van der Waals surface area (Å²) in [6.45, 7) is 4.50. The first kappa shape index (κ1) is 11.4. The quantitative estimate of drug-likeness (QED) is 0.496. The zero-order valence-electron chi connectivity index (χ0n) is 7.59. The fraction of sp³-hybridized carbons (Fsp3) is 0.750. The Bertz CT molecular complexity index is 170. The highest BCUT2D eigenvalue weighted by molar-refractivity contribution is 7.80. The topological polar surface area (TPSA) is 55.1 Å². The molecule has 3 N–H and O–H groups in total. The fourth-order valence-corrected chi connectivity index (χ4v) is 0.778. The lowest BCUT2D eigenvalue weighted by molar-refractivity contribution is -0.122. The predicted molar refractivity (Wildman–Crippen MR) is 53.9 cm³/mol. The van der Waals surface area contributed by atoms with E-state index in [9.17, 15) is 4.79 Å². The van der Waals surface area contributed by atoms with Crippen LogP contribution in [0.3, 0.4) is 0 Å². The van der Waals surface area contributed by atoms with Crippen LogP contribution in [0.1, 0.15) is 26.7 Å². The van der Waals surface area contributed by atoms with Crippen molar-refractivity contribution in [3.05, 3.63) is 0 Å². The number of nitrogens with one attached hydrogen (secondary N) is 1. The van der Waals surface area contributed by atoms with Crippen molar-refractivity contribution < 1.29 is 4.79 Å². The molecule has 0 radical (unpaired) electrons. The van der Waals surface area contributed by atoms with Gasteiger partial charge in [-0.05, 0) is 13.3 Å². The lowest BCUT2D eigenvalue weighted by atomic mass is 10.1. The van der Waals surface area contributed by atoms with Gasteiger partial charge in [-0.25, -0.2) is 0 Å². The van der Waals surface area contributed by atoms with Crippen molar-refractivity contribution in [1.82, 2.24) is 5.32 Å². The van der Waals surface area contributed by atoms with Crippen molar-refractivity contribution in [3.8, 4) is 0 Å². The highest BCUT2D eigenvalue weighted by Crippen LogP contribution is 1.94. The molecule has 0 bridgehead atoms. The monoisotopic (exact) mass is 188 g/mol. The second kappa shape index (κ2) is 5.94. The Labute approximate surface area is 78.7 Å². The summed E-state index contributed by atoms with van der Waals surface area (Å²) < 4.78 is 0. The third-order valence-electron chi connectivity index (χ3n) is 1.65. The number of unbranched alkanes of at least 4 members (excludes halogenated alkanes) is 1. The number of rotatable bonds is 5. The first-order chi connectivity index (χ1) is 5.59. The average molecular weight is 188 g/mol. The largest absolute Gasteiger partial charge is 0.393 e. The molecule has 70 valence electrons. The molecule has 0 aromatic heterocycles. The van der Waals surface area contributed by atoms with Gasteiger partial charge in [-0.15, -0.1) is 0 Å². The Morgan fingerprint density at radius 3 is 2.67 bits per heavy atom. The molecule has 12 heavy (non-hydrogen) atoms. The Morgan fingerprint density at radius 2 is 2.25 bits per heavy atom. The molecule has 0 aliphatic heterocycles. The zero-order chi connectivity index (χ0) is 9.56. The van der Waals surface area contributed by atoms with Gasteiger partial charge in [0.15, 0.2) is 0 Å². The minimum atomic E-state index is -0.350. The van der Waals surface area contributed by atoms with Crippen molar-refractivity contribution >= 4 is 23.1 Å². The van der Waals surface area contributed by atoms with Crippen LogP contribution in [0.15, 0.2) is 0 Å². The van der Waals surface area contributed by atoms with Gasteiger partial charge in [0, 0.05) is 6.54 Å². The molecule has 1 atom stereocenters. The maximum Gasteiger partial charge on any atom is 0.229 e. The van der Waals surface area contributed by atoms with Gasteiger partial charge >= 0.3 is 0 Å². The van der Waals surface area contributed by atoms with Crippen molar-refractivity contribution in [2.24, 2.45) is 11.7 Å². The predicted octanol–water partition coefficient (Wildman–Crippen LogP) is 0.825. The van der Waals surface area contributed by atoms with E-state index in [0.717, 1.165) is 12.8 Å². The van der Waals surface area contributed by atoms with Gasteiger partial charge in [0.05, 0.1) is 10.9 Å². The number of carbonyl (C=O) groups excluding carboxylic acids is 1. The van der Waals surface area contributed by atoms with Crippen LogP contribution in [0, 0.1) is 5.92 Å². The molecular formula is C8H16N2OS. The van der Waals surface area contributed by atoms with E-state index in [2.05, 4.69) is 12.2 Å². The van der Waals surface area contributed by atoms with Gasteiger partial charge in [-0.1, -0.05) is 25.6 Å². The second-order valence-electron chi connectivity index (χ2n) is 2.77. The van der Waals surface area contributed by atoms with E-state index in [1.54, 1.807) is 6.92 Å². The summed E-state index contributed by atoms with van der Waals surface area (Å²) in [6.07, 6.45) is 2.07. The zero-order valence-corrected chi connectivity index (χ0v) is 8.41. The smallest absolute Gasteiger partial charge is 0.229 e. The molecule has 1 amide bonds. The van der Waals surface area contributed by atoms with Crippen LogP contribution >= 0.6 is 12.2 Å². The van der Waals surface area contributed by atoms with Crippen molar-refractivity contribution in [2.45, 2.75) is 26.7 Å². The Kier molecular flexibility index (Phi) is 5.62. The van der Waals surface area contributed by atoms with Crippen molar-refractivity contribution in [2.75, 3.05) is 6.54 Å². The van der Waals surface area contributed by atoms with Crippen LogP contribution in [-0.4, -0.2) is 17.4 Å². The minimum absolute atomic E-state index is 0.0732. The van der Waals surface area contributed by atoms with Gasteiger partial charge < -0.3 is 11.1 Å². The number of amides is 1. The summed E-state index contributed by atoms with van der Waals surface area (Å²) in [6, 6.07) is 0. The number of hydrogen-bond acceptors (Lipinski definition) is 2. The average Bonchev–Trinajstić information content (AvgIpc) is 2.03. The molecule has 0 fully saturated rings. The van der Waals surface area contributed by atoms with E-state index < -0.39 is 0 Å². The summed E-state index contributed by atoms with van der Waals surface area (Å²) in [4.78, 5) is 11.4. The Hall–Kier alpha value is -0.640. The molecule has 1 unspecified atom stereocenters. The SMILES string of the molecule is CCCCNC(=O)C(C)C(N)=S. The van der Waals surface area contributed by atoms with Crippen molar-refractivity contribution in [1.29, 1.82) is 0 Å². The van der Waals surface area contributed by atoms with E-state index in [1.165, 1.54) is 0 Å². The minimum Gasteiger partial charge on any atom is -0.393 e. The third kappa shape index (κ3) is 4.28. The molecule has 0 saturated heterocycles. The van der Waals surface area contributed by atoms with Crippen LogP contribution in [0.25, 0.3) is 0 Å². The van der Waals surface area contributed by atoms with Gasteiger partial charge in [0.1, 0.15) is 0 Å². The maximum atomic E-state index is 11.2. The molecule has 0 aliphatic carbocycles. The highest BCUT2D eigenvalue weighted by Gasteiger charge is 2.13. The van der Waals surface area contributed by atoms with E-state index >= 15 is 0 Å². The Morgan fingerprint density at radius 1 is 1.67 bits per heavy atom. The van der Waals surface area contributed by atoms with Crippen LogP contribution in [0.5, 0.6) is 0 Å². The molecule has 3 nitrogen and oxygen atoms in total. The number of thiocarbonyl (C=S) groups is 1. The second-order valence-corrected chi connectivity index (χ2v) is 3.24. The first-order valence-corrected chi connectivity index (χ1v) is 4.57. The van der Waals surface area contributed by atoms with E-state index in [0.29, 0.717) is 6.54 Å². The molecule has 0 aliphatic rings. The van der Waals surface area contributed by atoms with Crippen LogP contribution < -0.4 is 11.1 Å². The maximum absolute atomic E-state index is 11.2. The summed E-state index contributed by atoms with van der Waals surface area (Å²) >= 11 is 4.69. The van der Waals surface area contributed by atoms with Crippen LogP contribution in [0.4, 0.5) is 0 Å². The van der Waals surface area contributed by atoms with E-state index in [1.807, 2.05) is 0 Å². The molecule has 4 heteroatoms. The molecule has 0 saturated carbocycles. The van der Waals surface area contributed by atoms with Gasteiger partial charge in [-0.2, -0.15) is 0 Å². The van der Waals surface area contributed by atoms with Gasteiger partial charge in [0.2, 0.25) is 5.91 Å². The van der Waals surface area contributed by atoms with E-state index in [4.69, 9.17) is 18.0 Å². The van der Waals surface area contributed by atoms with Gasteiger partial charge in [-0.3, -0.25) is 4.79 Å². The van der Waals surface area contributed by atoms with Crippen LogP contribution in [-0.2, 0) is 4.79 Å². The molecule has 0 aromatic rings. The summed E-state index contributed by atoms with van der Waals surface area (Å²) in [5.74, 6) is -0.423. The molecule has 0 spiro atoms. The fourth-order valence-electron chi connectivity index (χ4n) is 0.671. The Balaban J connectivity index is 3.65. The number of nitrogens with two attached hydrogens (primary N) is 1. The normalized spacial score (nSPS) is 12.2. The van der Waals surface area contributed by atoms with E-state index in [-0.39, 0.29) is 16.8 Å².